The number of hydrogen-bond acceptors (Lipinski definition) is 4. The molecule has 0 aliphatic rings. The van der Waals surface area contributed by atoms with Crippen molar-refractivity contribution in [3.8, 4) is 11.8 Å². The number of carbonyl (C=O) groups is 2. The normalized spacial score (nSPS) is 11.0. The number of hydrogen-bond donors (Lipinski definition) is 1. The molecule has 0 atom stereocenters. The highest BCUT2D eigenvalue weighted by Gasteiger charge is 2.16. The molecule has 0 radical (unpaired) electrons. The van der Waals surface area contributed by atoms with Gasteiger partial charge in [0.2, 0.25) is 0 Å². The van der Waals surface area contributed by atoms with Gasteiger partial charge in [0.15, 0.2) is 0 Å². The smallest absolute Gasteiger partial charge is 0.344 e. The average molecular weight is 576 g/mol. The van der Waals surface area contributed by atoms with Gasteiger partial charge in [-0.15, -0.1) is 0 Å². The molecule has 1 N–H and O–H groups in total. The first-order chi connectivity index (χ1) is 16.4. The van der Waals surface area contributed by atoms with Crippen molar-refractivity contribution in [2.24, 2.45) is 0 Å². The van der Waals surface area contributed by atoms with E-state index in [1.165, 1.54) is 6.08 Å². The Kier molecular flexibility index (Phi) is 7.21. The summed E-state index contributed by atoms with van der Waals surface area (Å²) in [5.41, 5.74) is 1.24. The van der Waals surface area contributed by atoms with Crippen molar-refractivity contribution in [1.29, 1.82) is 5.26 Å². The van der Waals surface area contributed by atoms with Gasteiger partial charge in [-0.1, -0.05) is 68.3 Å². The molecule has 0 bridgehead atoms. The van der Waals surface area contributed by atoms with Crippen molar-refractivity contribution >= 4 is 66.3 Å². The Labute approximate surface area is 212 Å². The number of benzene rings is 4. The first-order valence-electron chi connectivity index (χ1n) is 10.1. The second-order valence-electron chi connectivity index (χ2n) is 7.23. The third kappa shape index (κ3) is 5.42. The summed E-state index contributed by atoms with van der Waals surface area (Å²) in [6.45, 7) is 0. The summed E-state index contributed by atoms with van der Waals surface area (Å²) in [5, 5.41) is 14.0. The SMILES string of the molecule is N#C/C(=C\c1cc(Br)ccc1OC(=O)c1cccc2ccccc12)C(=O)Nc1ccc(Br)cc1. The predicted octanol–water partition coefficient (Wildman–Crippen LogP) is 7.13. The van der Waals surface area contributed by atoms with Crippen LogP contribution in [-0.2, 0) is 4.79 Å². The molecule has 0 aromatic heterocycles. The van der Waals surface area contributed by atoms with Gasteiger partial charge in [0, 0.05) is 20.2 Å². The minimum Gasteiger partial charge on any atom is -0.422 e. The number of carbonyl (C=O) groups excluding carboxylic acids is 2. The Morgan fingerprint density at radius 2 is 1.59 bits per heavy atom. The van der Waals surface area contributed by atoms with E-state index in [1.807, 2.05) is 36.4 Å². The zero-order valence-corrected chi connectivity index (χ0v) is 20.8. The minimum atomic E-state index is -0.573. The number of nitriles is 1. The molecule has 1 amide bonds. The molecule has 7 heteroatoms. The maximum Gasteiger partial charge on any atom is 0.344 e. The van der Waals surface area contributed by atoms with Gasteiger partial charge < -0.3 is 10.1 Å². The van der Waals surface area contributed by atoms with Crippen molar-refractivity contribution in [3.63, 3.8) is 0 Å². The lowest BCUT2D eigenvalue weighted by atomic mass is 10.0. The van der Waals surface area contributed by atoms with Gasteiger partial charge in [0.05, 0.1) is 5.56 Å². The molecule has 0 saturated carbocycles. The molecule has 34 heavy (non-hydrogen) atoms. The minimum absolute atomic E-state index is 0.136. The Balaban J connectivity index is 1.64. The summed E-state index contributed by atoms with van der Waals surface area (Å²) in [6, 6.07) is 26.9. The van der Waals surface area contributed by atoms with E-state index < -0.39 is 11.9 Å². The van der Waals surface area contributed by atoms with Crippen LogP contribution in [0.4, 0.5) is 5.69 Å². The average Bonchev–Trinajstić information content (AvgIpc) is 2.85. The number of nitrogens with one attached hydrogen (secondary N) is 1. The summed E-state index contributed by atoms with van der Waals surface area (Å²) in [5.74, 6) is -0.881. The molecule has 4 aromatic carbocycles. The number of anilines is 1. The molecule has 0 aliphatic heterocycles. The molecule has 0 saturated heterocycles. The summed E-state index contributed by atoms with van der Waals surface area (Å²) in [4.78, 5) is 25.7. The van der Waals surface area contributed by atoms with Crippen molar-refractivity contribution < 1.29 is 14.3 Å². The van der Waals surface area contributed by atoms with Gasteiger partial charge in [-0.25, -0.2) is 4.79 Å². The monoisotopic (exact) mass is 574 g/mol. The highest BCUT2D eigenvalue weighted by atomic mass is 79.9. The third-order valence-electron chi connectivity index (χ3n) is 4.95. The summed E-state index contributed by atoms with van der Waals surface area (Å²) >= 11 is 6.73. The Bertz CT molecular complexity index is 1470. The summed E-state index contributed by atoms with van der Waals surface area (Å²) in [6.07, 6.45) is 1.39. The van der Waals surface area contributed by atoms with Crippen molar-refractivity contribution in [1.82, 2.24) is 0 Å². The molecule has 0 spiro atoms. The fraction of sp³-hybridized carbons (Fsp3) is 0. The first kappa shape index (κ1) is 23.4. The lowest BCUT2D eigenvalue weighted by Crippen LogP contribution is -2.13. The third-order valence-corrected chi connectivity index (χ3v) is 5.97. The van der Waals surface area contributed by atoms with Crippen LogP contribution in [0.5, 0.6) is 5.75 Å². The molecular weight excluding hydrogens is 560 g/mol. The molecule has 166 valence electrons. The van der Waals surface area contributed by atoms with Crippen LogP contribution in [0.1, 0.15) is 15.9 Å². The number of nitrogens with zero attached hydrogens (tertiary/aromatic N) is 1. The van der Waals surface area contributed by atoms with E-state index in [1.54, 1.807) is 54.6 Å². The zero-order valence-electron chi connectivity index (χ0n) is 17.6. The number of esters is 1. The van der Waals surface area contributed by atoms with Crippen LogP contribution in [0.25, 0.3) is 16.8 Å². The van der Waals surface area contributed by atoms with E-state index in [9.17, 15) is 14.9 Å². The Morgan fingerprint density at radius 1 is 0.882 bits per heavy atom. The van der Waals surface area contributed by atoms with Crippen LogP contribution in [0.3, 0.4) is 0 Å². The fourth-order valence-electron chi connectivity index (χ4n) is 3.32. The zero-order chi connectivity index (χ0) is 24.1. The van der Waals surface area contributed by atoms with E-state index in [2.05, 4.69) is 37.2 Å². The molecule has 4 rings (SSSR count). The van der Waals surface area contributed by atoms with Gasteiger partial charge in [-0.05, 0) is 65.4 Å². The van der Waals surface area contributed by atoms with Gasteiger partial charge in [-0.3, -0.25) is 4.79 Å². The number of fused-ring (bicyclic) bond motifs is 1. The molecular formula is C27H16Br2N2O3. The number of halogens is 2. The number of rotatable bonds is 5. The summed E-state index contributed by atoms with van der Waals surface area (Å²) in [7, 11) is 0. The van der Waals surface area contributed by atoms with Gasteiger partial charge in [0.1, 0.15) is 17.4 Å². The molecule has 5 nitrogen and oxygen atoms in total. The number of amides is 1. The van der Waals surface area contributed by atoms with Crippen LogP contribution in [0.2, 0.25) is 0 Å². The second-order valence-corrected chi connectivity index (χ2v) is 9.06. The molecule has 0 unspecified atom stereocenters. The summed E-state index contributed by atoms with van der Waals surface area (Å²) < 4.78 is 7.27. The second kappa shape index (κ2) is 10.5. The van der Waals surface area contributed by atoms with Crippen LogP contribution >= 0.6 is 31.9 Å². The lowest BCUT2D eigenvalue weighted by molar-refractivity contribution is -0.112. The molecule has 0 aliphatic carbocycles. The maximum atomic E-state index is 13.0. The van der Waals surface area contributed by atoms with Crippen LogP contribution in [0.15, 0.2) is 99.4 Å². The van der Waals surface area contributed by atoms with E-state index >= 15 is 0 Å². The molecule has 4 aromatic rings. The maximum absolute atomic E-state index is 13.0. The van der Waals surface area contributed by atoms with E-state index in [0.717, 1.165) is 15.2 Å². The largest absolute Gasteiger partial charge is 0.422 e. The topological polar surface area (TPSA) is 79.2 Å². The predicted molar refractivity (Wildman–Crippen MR) is 139 cm³/mol. The van der Waals surface area contributed by atoms with Crippen molar-refractivity contribution in [2.75, 3.05) is 5.32 Å². The Morgan fingerprint density at radius 3 is 2.35 bits per heavy atom. The van der Waals surface area contributed by atoms with Crippen molar-refractivity contribution in [3.05, 3.63) is 111 Å². The van der Waals surface area contributed by atoms with Gasteiger partial charge >= 0.3 is 5.97 Å². The first-order valence-corrected chi connectivity index (χ1v) is 11.7. The molecule has 0 fully saturated rings. The molecule has 0 heterocycles. The Hall–Kier alpha value is -3.73. The van der Waals surface area contributed by atoms with Gasteiger partial charge in [0.25, 0.3) is 5.91 Å². The number of ether oxygens (including phenoxy) is 1. The van der Waals surface area contributed by atoms with E-state index in [-0.39, 0.29) is 11.3 Å². The lowest BCUT2D eigenvalue weighted by Gasteiger charge is -2.11. The fourth-order valence-corrected chi connectivity index (χ4v) is 3.96. The highest BCUT2D eigenvalue weighted by molar-refractivity contribution is 9.10. The highest BCUT2D eigenvalue weighted by Crippen LogP contribution is 2.28. The van der Waals surface area contributed by atoms with Gasteiger partial charge in [-0.2, -0.15) is 5.26 Å². The van der Waals surface area contributed by atoms with Crippen LogP contribution < -0.4 is 10.1 Å². The van der Waals surface area contributed by atoms with E-state index in [4.69, 9.17) is 4.74 Å². The van der Waals surface area contributed by atoms with E-state index in [0.29, 0.717) is 21.3 Å². The van der Waals surface area contributed by atoms with Crippen LogP contribution in [0, 0.1) is 11.3 Å². The van der Waals surface area contributed by atoms with Crippen molar-refractivity contribution in [2.45, 2.75) is 0 Å². The van der Waals surface area contributed by atoms with Crippen LogP contribution in [-0.4, -0.2) is 11.9 Å². The standard InChI is InChI=1S/C27H16Br2N2O3/c28-20-8-11-22(12-9-20)31-26(32)19(16-30)14-18-15-21(29)10-13-25(18)34-27(33)24-7-3-5-17-4-1-2-6-23(17)24/h1-15H,(H,31,32)/b19-14+. The quantitative estimate of drug-likeness (QED) is 0.119.